The molecule has 3 aliphatic heterocycles. The minimum absolute atomic E-state index is 0.291. The number of epoxide rings is 1. The highest BCUT2D eigenvalue weighted by Crippen LogP contribution is 2.48. The fourth-order valence-electron chi connectivity index (χ4n) is 5.22. The zero-order valence-corrected chi connectivity index (χ0v) is 20.0. The Bertz CT molecular complexity index is 1050. The molecule has 7 atom stereocenters. The van der Waals surface area contributed by atoms with Crippen LogP contribution in [0.1, 0.15) is 24.5 Å². The zero-order valence-electron chi connectivity index (χ0n) is 20.0. The third kappa shape index (κ3) is 4.75. The normalized spacial score (nSPS) is 36.0. The first-order chi connectivity index (χ1) is 17.2. The number of rotatable bonds is 7. The maximum absolute atomic E-state index is 6.56. The molecule has 0 saturated carbocycles. The lowest BCUT2D eigenvalue weighted by Gasteiger charge is -2.49. The van der Waals surface area contributed by atoms with E-state index >= 15 is 0 Å². The molecule has 0 radical (unpaired) electrons. The minimum Gasteiger partial charge on any atom is -0.365 e. The van der Waals surface area contributed by atoms with Crippen molar-refractivity contribution in [3.63, 3.8) is 0 Å². The molecule has 1 aliphatic carbocycles. The predicted octanol–water partition coefficient (Wildman–Crippen LogP) is 4.55. The summed E-state index contributed by atoms with van der Waals surface area (Å²) in [5.41, 5.74) is 2.71. The second-order valence-corrected chi connectivity index (χ2v) is 9.75. The van der Waals surface area contributed by atoms with Gasteiger partial charge < -0.3 is 28.4 Å². The van der Waals surface area contributed by atoms with Gasteiger partial charge in [0.05, 0.1) is 26.4 Å². The van der Waals surface area contributed by atoms with Gasteiger partial charge in [-0.2, -0.15) is 0 Å². The third-order valence-electron chi connectivity index (χ3n) is 7.30. The summed E-state index contributed by atoms with van der Waals surface area (Å²) in [6.07, 6.45) is 5.34. The maximum atomic E-state index is 6.56. The lowest BCUT2D eigenvalue weighted by atomic mass is 9.87. The molecule has 184 valence electrons. The molecule has 35 heavy (non-hydrogen) atoms. The van der Waals surface area contributed by atoms with Crippen molar-refractivity contribution in [1.29, 1.82) is 0 Å². The SMILES string of the molecule is CC1CC=CC=C1C1OC[C@H]2O[C@H](OCc3ccccc3)[C@@H](OCc3ccccc3)[C@]3(CO3)[C@@H]2O1. The first kappa shape index (κ1) is 23.1. The van der Waals surface area contributed by atoms with Gasteiger partial charge in [-0.25, -0.2) is 0 Å². The molecule has 3 heterocycles. The molecule has 1 spiro atoms. The number of hydrogen-bond donors (Lipinski definition) is 0. The van der Waals surface area contributed by atoms with E-state index in [2.05, 4.69) is 37.3 Å². The van der Waals surface area contributed by atoms with Gasteiger partial charge in [0.2, 0.25) is 0 Å². The van der Waals surface area contributed by atoms with Crippen LogP contribution in [0.3, 0.4) is 0 Å². The lowest BCUT2D eigenvalue weighted by Crippen LogP contribution is -2.66. The summed E-state index contributed by atoms with van der Waals surface area (Å²) in [5.74, 6) is 0.370. The van der Waals surface area contributed by atoms with Crippen LogP contribution in [-0.4, -0.2) is 49.7 Å². The first-order valence-corrected chi connectivity index (χ1v) is 12.5. The Hall–Kier alpha value is -2.32. The van der Waals surface area contributed by atoms with Gasteiger partial charge in [0.15, 0.2) is 18.2 Å². The van der Waals surface area contributed by atoms with Crippen molar-refractivity contribution in [1.82, 2.24) is 0 Å². The van der Waals surface area contributed by atoms with Gasteiger partial charge in [-0.3, -0.25) is 0 Å². The first-order valence-electron chi connectivity index (χ1n) is 12.5. The average molecular weight is 477 g/mol. The highest BCUT2D eigenvalue weighted by atomic mass is 16.8. The molecular weight excluding hydrogens is 444 g/mol. The summed E-state index contributed by atoms with van der Waals surface area (Å²) in [4.78, 5) is 0. The van der Waals surface area contributed by atoms with Gasteiger partial charge >= 0.3 is 0 Å². The number of allylic oxidation sites excluding steroid dienone is 3. The molecule has 0 bridgehead atoms. The standard InChI is InChI=1S/C29H32O6/c1-20-10-8-9-15-23(20)27-32-18-24-25(35-27)29(19-33-29)26(30-16-21-11-4-2-5-12-21)28(34-24)31-17-22-13-6-3-7-14-22/h2-9,11-15,20,24-28H,10,16-19H2,1H3/t20?,24-,25-,26-,27?,28+,29+/m1/s1. The highest BCUT2D eigenvalue weighted by molar-refractivity contribution is 5.24. The Morgan fingerprint density at radius 2 is 1.60 bits per heavy atom. The molecule has 6 rings (SSSR count). The van der Waals surface area contributed by atoms with Crippen LogP contribution in [0.25, 0.3) is 0 Å². The topological polar surface area (TPSA) is 58.7 Å². The Labute approximate surface area is 206 Å². The fraction of sp³-hybridized carbons (Fsp3) is 0.448. The highest BCUT2D eigenvalue weighted by Gasteiger charge is 2.69. The van der Waals surface area contributed by atoms with Gasteiger partial charge in [-0.05, 0) is 29.0 Å². The predicted molar refractivity (Wildman–Crippen MR) is 129 cm³/mol. The summed E-state index contributed by atoms with van der Waals surface area (Å²) >= 11 is 0. The van der Waals surface area contributed by atoms with Crippen LogP contribution in [0.5, 0.6) is 0 Å². The van der Waals surface area contributed by atoms with Crippen LogP contribution in [0, 0.1) is 5.92 Å². The fourth-order valence-corrected chi connectivity index (χ4v) is 5.22. The van der Waals surface area contributed by atoms with Crippen LogP contribution in [-0.2, 0) is 41.6 Å². The number of benzene rings is 2. The summed E-state index contributed by atoms with van der Waals surface area (Å²) in [7, 11) is 0. The van der Waals surface area contributed by atoms with Crippen molar-refractivity contribution in [3.8, 4) is 0 Å². The second-order valence-electron chi connectivity index (χ2n) is 9.75. The number of fused-ring (bicyclic) bond motifs is 2. The average Bonchev–Trinajstić information content (AvgIpc) is 3.70. The Morgan fingerprint density at radius 3 is 2.26 bits per heavy atom. The van der Waals surface area contributed by atoms with E-state index in [9.17, 15) is 0 Å². The number of hydrogen-bond acceptors (Lipinski definition) is 6. The molecule has 0 N–H and O–H groups in total. The molecule has 6 nitrogen and oxygen atoms in total. The molecule has 6 heteroatoms. The van der Waals surface area contributed by atoms with Crippen molar-refractivity contribution in [3.05, 3.63) is 95.6 Å². The van der Waals surface area contributed by atoms with Crippen molar-refractivity contribution >= 4 is 0 Å². The molecule has 3 fully saturated rings. The largest absolute Gasteiger partial charge is 0.365 e. The van der Waals surface area contributed by atoms with Gasteiger partial charge in [0.1, 0.15) is 18.3 Å². The van der Waals surface area contributed by atoms with Gasteiger partial charge in [0, 0.05) is 0 Å². The van der Waals surface area contributed by atoms with Crippen LogP contribution >= 0.6 is 0 Å². The van der Waals surface area contributed by atoms with Crippen molar-refractivity contribution in [2.24, 2.45) is 5.92 Å². The molecule has 0 amide bonds. The van der Waals surface area contributed by atoms with E-state index in [1.165, 1.54) is 0 Å². The van der Waals surface area contributed by atoms with E-state index in [-0.39, 0.29) is 12.2 Å². The van der Waals surface area contributed by atoms with E-state index in [1.54, 1.807) is 0 Å². The molecule has 4 aliphatic rings. The molecule has 0 aromatic heterocycles. The monoisotopic (exact) mass is 476 g/mol. The van der Waals surface area contributed by atoms with Gasteiger partial charge in [0.25, 0.3) is 0 Å². The molecule has 2 aromatic carbocycles. The van der Waals surface area contributed by atoms with E-state index in [0.29, 0.717) is 32.3 Å². The third-order valence-corrected chi connectivity index (χ3v) is 7.30. The summed E-state index contributed by atoms with van der Waals surface area (Å²) < 4.78 is 38.1. The van der Waals surface area contributed by atoms with Crippen LogP contribution < -0.4 is 0 Å². The van der Waals surface area contributed by atoms with Crippen LogP contribution in [0.15, 0.2) is 84.5 Å². The maximum Gasteiger partial charge on any atom is 0.187 e. The van der Waals surface area contributed by atoms with Crippen molar-refractivity contribution in [2.45, 2.75) is 63.1 Å². The van der Waals surface area contributed by atoms with Crippen molar-refractivity contribution in [2.75, 3.05) is 13.2 Å². The van der Waals surface area contributed by atoms with Crippen LogP contribution in [0.4, 0.5) is 0 Å². The van der Waals surface area contributed by atoms with E-state index in [1.807, 2.05) is 48.5 Å². The Balaban J connectivity index is 1.23. The Kier molecular flexibility index (Phi) is 6.58. The van der Waals surface area contributed by atoms with E-state index in [4.69, 9.17) is 28.4 Å². The lowest BCUT2D eigenvalue weighted by molar-refractivity contribution is -0.355. The minimum atomic E-state index is -0.616. The summed E-state index contributed by atoms with van der Waals surface area (Å²) in [5, 5.41) is 0. The van der Waals surface area contributed by atoms with Gasteiger partial charge in [-0.1, -0.05) is 85.8 Å². The van der Waals surface area contributed by atoms with Crippen molar-refractivity contribution < 1.29 is 28.4 Å². The zero-order chi connectivity index (χ0) is 23.7. The van der Waals surface area contributed by atoms with Gasteiger partial charge in [-0.15, -0.1) is 0 Å². The molecule has 3 saturated heterocycles. The molecule has 2 unspecified atom stereocenters. The quantitative estimate of drug-likeness (QED) is 0.547. The van der Waals surface area contributed by atoms with E-state index < -0.39 is 24.3 Å². The Morgan fingerprint density at radius 1 is 0.914 bits per heavy atom. The smallest absolute Gasteiger partial charge is 0.187 e. The number of ether oxygens (including phenoxy) is 6. The molecule has 2 aromatic rings. The summed E-state index contributed by atoms with van der Waals surface area (Å²) in [6, 6.07) is 20.2. The van der Waals surface area contributed by atoms with Crippen LogP contribution in [0.2, 0.25) is 0 Å². The molecular formula is C29H32O6. The summed E-state index contributed by atoms with van der Waals surface area (Å²) in [6.45, 7) is 4.03. The van der Waals surface area contributed by atoms with E-state index in [0.717, 1.165) is 23.1 Å². The second kappa shape index (κ2) is 9.97.